The number of nitrogens with one attached hydrogen (secondary N) is 1. The van der Waals surface area contributed by atoms with Gasteiger partial charge in [-0.3, -0.25) is 0 Å². The Morgan fingerprint density at radius 2 is 2.00 bits per heavy atom. The average Bonchev–Trinajstić information content (AvgIpc) is 2.38. The number of rotatable bonds is 4. The highest BCUT2D eigenvalue weighted by atomic mass is 15.3. The van der Waals surface area contributed by atoms with Crippen molar-refractivity contribution < 1.29 is 0 Å². The molecular weight excluding hydrogens is 244 g/mol. The van der Waals surface area contributed by atoms with Crippen molar-refractivity contribution in [3.05, 3.63) is 29.8 Å². The highest BCUT2D eigenvalue weighted by Gasteiger charge is 2.34. The molecule has 1 unspecified atom stereocenters. The van der Waals surface area contributed by atoms with E-state index in [9.17, 15) is 0 Å². The second-order valence-electron chi connectivity index (χ2n) is 7.08. The zero-order chi connectivity index (χ0) is 14.8. The van der Waals surface area contributed by atoms with Gasteiger partial charge in [-0.05, 0) is 37.8 Å². The number of hydrogen-bond acceptors (Lipinski definition) is 2. The largest absolute Gasteiger partial charge is 0.365 e. The Morgan fingerprint density at radius 1 is 1.30 bits per heavy atom. The molecule has 0 saturated carbocycles. The summed E-state index contributed by atoms with van der Waals surface area (Å²) in [5.41, 5.74) is 3.13. The zero-order valence-corrected chi connectivity index (χ0v) is 13.7. The van der Waals surface area contributed by atoms with Gasteiger partial charge in [-0.25, -0.2) is 0 Å². The number of hydrogen-bond donors (Lipinski definition) is 1. The Morgan fingerprint density at radius 3 is 2.65 bits per heavy atom. The van der Waals surface area contributed by atoms with Crippen LogP contribution in [0.4, 0.5) is 5.69 Å². The zero-order valence-electron chi connectivity index (χ0n) is 13.7. The predicted octanol–water partition coefficient (Wildman–Crippen LogP) is 3.85. The third-order valence-electron chi connectivity index (χ3n) is 4.35. The molecule has 1 aromatic rings. The van der Waals surface area contributed by atoms with Crippen LogP contribution < -0.4 is 10.2 Å². The summed E-state index contributed by atoms with van der Waals surface area (Å²) in [6.45, 7) is 13.7. The van der Waals surface area contributed by atoms with Gasteiger partial charge in [0.2, 0.25) is 0 Å². The van der Waals surface area contributed by atoms with Gasteiger partial charge in [0.1, 0.15) is 0 Å². The fraction of sp³-hybridized carbons (Fsp3) is 0.667. The summed E-state index contributed by atoms with van der Waals surface area (Å²) in [6.07, 6.45) is 2.38. The molecule has 20 heavy (non-hydrogen) atoms. The number of nitrogens with zero attached hydrogens (tertiary/aromatic N) is 1. The first-order valence-electron chi connectivity index (χ1n) is 8.04. The minimum Gasteiger partial charge on any atom is -0.365 e. The van der Waals surface area contributed by atoms with Crippen LogP contribution in [0.2, 0.25) is 0 Å². The fourth-order valence-corrected chi connectivity index (χ4v) is 3.22. The maximum atomic E-state index is 3.70. The monoisotopic (exact) mass is 274 g/mol. The molecule has 2 rings (SSSR count). The molecule has 0 aromatic heterocycles. The topological polar surface area (TPSA) is 15.3 Å². The van der Waals surface area contributed by atoms with Crippen LogP contribution in [-0.4, -0.2) is 24.7 Å². The molecule has 2 nitrogen and oxygen atoms in total. The minimum atomic E-state index is 0.185. The molecule has 112 valence electrons. The standard InChI is InChI=1S/C18H30N2/c1-6-9-15-10-7-8-11-16(15)20-13-18(4,5)19-12-17(20)14(2)3/h7-8,10-11,14,17,19H,6,9,12-13H2,1-5H3. The molecule has 0 radical (unpaired) electrons. The molecule has 1 aromatic carbocycles. The quantitative estimate of drug-likeness (QED) is 0.897. The van der Waals surface area contributed by atoms with Gasteiger partial charge in [-0.2, -0.15) is 0 Å². The third-order valence-corrected chi connectivity index (χ3v) is 4.35. The number of anilines is 1. The van der Waals surface area contributed by atoms with E-state index in [0.717, 1.165) is 13.1 Å². The summed E-state index contributed by atoms with van der Waals surface area (Å²) in [6, 6.07) is 9.54. The molecule has 1 aliphatic rings. The molecule has 0 amide bonds. The SMILES string of the molecule is CCCc1ccccc1N1CC(C)(C)NCC1C(C)C. The maximum Gasteiger partial charge on any atom is 0.0438 e. The summed E-state index contributed by atoms with van der Waals surface area (Å²) < 4.78 is 0. The first kappa shape index (κ1) is 15.4. The first-order valence-corrected chi connectivity index (χ1v) is 8.04. The third kappa shape index (κ3) is 3.35. The fourth-order valence-electron chi connectivity index (χ4n) is 3.22. The Kier molecular flexibility index (Phi) is 4.74. The highest BCUT2D eigenvalue weighted by Crippen LogP contribution is 2.30. The summed E-state index contributed by atoms with van der Waals surface area (Å²) >= 11 is 0. The van der Waals surface area contributed by atoms with Crippen molar-refractivity contribution in [1.29, 1.82) is 0 Å². The Hall–Kier alpha value is -1.02. The highest BCUT2D eigenvalue weighted by molar-refractivity contribution is 5.55. The van der Waals surface area contributed by atoms with Gasteiger partial charge in [-0.1, -0.05) is 45.4 Å². The van der Waals surface area contributed by atoms with Crippen molar-refractivity contribution in [1.82, 2.24) is 5.32 Å². The van der Waals surface area contributed by atoms with Crippen molar-refractivity contribution in [2.24, 2.45) is 5.92 Å². The van der Waals surface area contributed by atoms with Gasteiger partial charge in [0.15, 0.2) is 0 Å². The number of aryl methyl sites for hydroxylation is 1. The van der Waals surface area contributed by atoms with Gasteiger partial charge < -0.3 is 10.2 Å². The van der Waals surface area contributed by atoms with Gasteiger partial charge >= 0.3 is 0 Å². The first-order chi connectivity index (χ1) is 9.44. The van der Waals surface area contributed by atoms with Crippen molar-refractivity contribution in [2.45, 2.75) is 59.0 Å². The Balaban J connectivity index is 2.35. The normalized spacial score (nSPS) is 22.3. The van der Waals surface area contributed by atoms with Gasteiger partial charge in [0, 0.05) is 30.4 Å². The molecule has 1 N–H and O–H groups in total. The number of para-hydroxylation sites is 1. The van der Waals surface area contributed by atoms with Gasteiger partial charge in [-0.15, -0.1) is 0 Å². The van der Waals surface area contributed by atoms with Crippen LogP contribution in [0.5, 0.6) is 0 Å². The van der Waals surface area contributed by atoms with Crippen LogP contribution in [0.3, 0.4) is 0 Å². The van der Waals surface area contributed by atoms with Gasteiger partial charge in [0.25, 0.3) is 0 Å². The van der Waals surface area contributed by atoms with Crippen LogP contribution in [-0.2, 0) is 6.42 Å². The van der Waals surface area contributed by atoms with Crippen LogP contribution in [0.1, 0.15) is 46.6 Å². The van der Waals surface area contributed by atoms with E-state index in [2.05, 4.69) is 69.1 Å². The Bertz CT molecular complexity index is 437. The number of piperazine rings is 1. The lowest BCUT2D eigenvalue weighted by Gasteiger charge is -2.48. The predicted molar refractivity (Wildman–Crippen MR) is 88.5 cm³/mol. The van der Waals surface area contributed by atoms with E-state index in [0.29, 0.717) is 12.0 Å². The van der Waals surface area contributed by atoms with Crippen molar-refractivity contribution >= 4 is 5.69 Å². The van der Waals surface area contributed by atoms with E-state index in [1.807, 2.05) is 0 Å². The van der Waals surface area contributed by atoms with E-state index in [-0.39, 0.29) is 5.54 Å². The van der Waals surface area contributed by atoms with Crippen LogP contribution >= 0.6 is 0 Å². The molecular formula is C18H30N2. The van der Waals surface area contributed by atoms with Crippen molar-refractivity contribution in [2.75, 3.05) is 18.0 Å². The van der Waals surface area contributed by atoms with E-state index in [1.165, 1.54) is 24.1 Å². The summed E-state index contributed by atoms with van der Waals surface area (Å²) in [7, 11) is 0. The molecule has 0 aliphatic carbocycles. The van der Waals surface area contributed by atoms with E-state index >= 15 is 0 Å². The molecule has 1 heterocycles. The molecule has 2 heteroatoms. The molecule has 1 atom stereocenters. The van der Waals surface area contributed by atoms with Crippen molar-refractivity contribution in [3.63, 3.8) is 0 Å². The molecule has 1 aliphatic heterocycles. The summed E-state index contributed by atoms with van der Waals surface area (Å²) in [5, 5.41) is 3.70. The van der Waals surface area contributed by atoms with Crippen LogP contribution in [0.25, 0.3) is 0 Å². The molecule has 1 saturated heterocycles. The van der Waals surface area contributed by atoms with E-state index in [4.69, 9.17) is 0 Å². The summed E-state index contributed by atoms with van der Waals surface area (Å²) in [4.78, 5) is 2.64. The van der Waals surface area contributed by atoms with Gasteiger partial charge in [0.05, 0.1) is 0 Å². The molecule has 0 spiro atoms. The second kappa shape index (κ2) is 6.17. The maximum absolute atomic E-state index is 3.70. The van der Waals surface area contributed by atoms with Crippen molar-refractivity contribution in [3.8, 4) is 0 Å². The minimum absolute atomic E-state index is 0.185. The lowest BCUT2D eigenvalue weighted by molar-refractivity contribution is 0.277. The lowest BCUT2D eigenvalue weighted by atomic mass is 9.91. The van der Waals surface area contributed by atoms with E-state index in [1.54, 1.807) is 0 Å². The smallest absolute Gasteiger partial charge is 0.0438 e. The molecule has 1 fully saturated rings. The van der Waals surface area contributed by atoms with Crippen LogP contribution in [0.15, 0.2) is 24.3 Å². The molecule has 0 bridgehead atoms. The summed E-state index contributed by atoms with van der Waals surface area (Å²) in [5.74, 6) is 0.660. The lowest BCUT2D eigenvalue weighted by Crippen LogP contribution is -2.63. The van der Waals surface area contributed by atoms with Crippen LogP contribution in [0, 0.1) is 5.92 Å². The average molecular weight is 274 g/mol. The second-order valence-corrected chi connectivity index (χ2v) is 7.08. The number of benzene rings is 1. The Labute approximate surface area is 124 Å². The van der Waals surface area contributed by atoms with E-state index < -0.39 is 0 Å².